The average molecular weight is 154 g/mol. The van der Waals surface area contributed by atoms with Crippen LogP contribution in [0.1, 0.15) is 0 Å². The summed E-state index contributed by atoms with van der Waals surface area (Å²) in [5, 5.41) is 1.37. The van der Waals surface area contributed by atoms with Crippen molar-refractivity contribution in [3.63, 3.8) is 0 Å². The molecule has 0 aliphatic heterocycles. The molecule has 1 amide bonds. The molecular weight excluding hydrogens is 147 g/mol. The molecule has 0 heterocycles. The van der Waals surface area contributed by atoms with Gasteiger partial charge in [0, 0.05) is 0 Å². The predicted molar refractivity (Wildman–Crippen MR) is 29.2 cm³/mol. The fourth-order valence-electron chi connectivity index (χ4n) is 0.208. The summed E-state index contributed by atoms with van der Waals surface area (Å²) in [6, 6.07) is 0. The van der Waals surface area contributed by atoms with Crippen LogP contribution in [0.15, 0.2) is 0 Å². The van der Waals surface area contributed by atoms with Crippen LogP contribution in [-0.4, -0.2) is 22.2 Å². The summed E-state index contributed by atoms with van der Waals surface area (Å²) in [6.45, 7) is -0.425. The van der Waals surface area contributed by atoms with Gasteiger partial charge in [-0.1, -0.05) is 0 Å². The second kappa shape index (κ2) is 2.93. The van der Waals surface area contributed by atoms with E-state index in [0.29, 0.717) is 0 Å². The maximum atomic E-state index is 10.1. The summed E-state index contributed by atoms with van der Waals surface area (Å²) in [5.41, 5.74) is 4.72. The molecule has 0 saturated carbocycles. The van der Waals surface area contributed by atoms with Crippen LogP contribution in [0.2, 0.25) is 0 Å². The van der Waals surface area contributed by atoms with E-state index in [1.807, 2.05) is 0 Å². The minimum absolute atomic E-state index is 0.425. The van der Waals surface area contributed by atoms with E-state index in [2.05, 4.69) is 0 Å². The SMILES string of the molecule is NCC(=O)NP(=O)(O)O. The third-order valence-corrected chi connectivity index (χ3v) is 0.996. The van der Waals surface area contributed by atoms with Crippen LogP contribution in [0.5, 0.6) is 0 Å². The van der Waals surface area contributed by atoms with E-state index in [0.717, 1.165) is 0 Å². The third-order valence-electron chi connectivity index (χ3n) is 0.456. The molecule has 0 unspecified atom stereocenters. The average Bonchev–Trinajstić information content (AvgIpc) is 1.62. The molecule has 6 nitrogen and oxygen atoms in total. The molecule has 0 aliphatic carbocycles. The Morgan fingerprint density at radius 2 is 2.11 bits per heavy atom. The van der Waals surface area contributed by atoms with Gasteiger partial charge in [0.1, 0.15) is 0 Å². The quantitative estimate of drug-likeness (QED) is 0.349. The van der Waals surface area contributed by atoms with Crippen LogP contribution in [-0.2, 0) is 9.36 Å². The predicted octanol–water partition coefficient (Wildman–Crippen LogP) is -1.85. The van der Waals surface area contributed by atoms with Crippen LogP contribution in [0.4, 0.5) is 0 Å². The molecule has 9 heavy (non-hydrogen) atoms. The first-order valence-corrected chi connectivity index (χ1v) is 3.63. The van der Waals surface area contributed by atoms with Gasteiger partial charge >= 0.3 is 7.75 Å². The molecular formula is C2H7N2O4P. The highest BCUT2D eigenvalue weighted by molar-refractivity contribution is 7.50. The van der Waals surface area contributed by atoms with Gasteiger partial charge in [-0.3, -0.25) is 9.88 Å². The summed E-state index contributed by atoms with van der Waals surface area (Å²) in [7, 11) is -4.42. The molecule has 0 radical (unpaired) electrons. The molecule has 0 fully saturated rings. The fraction of sp³-hybridized carbons (Fsp3) is 0.500. The summed E-state index contributed by atoms with van der Waals surface area (Å²) in [4.78, 5) is 26.2. The first-order chi connectivity index (χ1) is 3.95. The Bertz CT molecular complexity index is 151. The highest BCUT2D eigenvalue weighted by atomic mass is 31.2. The van der Waals surface area contributed by atoms with Gasteiger partial charge < -0.3 is 15.5 Å². The minimum atomic E-state index is -4.42. The lowest BCUT2D eigenvalue weighted by atomic mass is 10.7. The lowest BCUT2D eigenvalue weighted by molar-refractivity contribution is -0.118. The van der Waals surface area contributed by atoms with E-state index in [4.69, 9.17) is 15.5 Å². The Morgan fingerprint density at radius 3 is 2.22 bits per heavy atom. The van der Waals surface area contributed by atoms with Crippen molar-refractivity contribution in [1.29, 1.82) is 0 Å². The van der Waals surface area contributed by atoms with Crippen molar-refractivity contribution < 1.29 is 19.1 Å². The van der Waals surface area contributed by atoms with Crippen molar-refractivity contribution in [3.05, 3.63) is 0 Å². The number of rotatable bonds is 2. The molecule has 0 aromatic heterocycles. The molecule has 0 rings (SSSR count). The lowest BCUT2D eigenvalue weighted by Gasteiger charge is -2.02. The highest BCUT2D eigenvalue weighted by Gasteiger charge is 2.14. The summed E-state index contributed by atoms with van der Waals surface area (Å²) >= 11 is 0. The van der Waals surface area contributed by atoms with Crippen molar-refractivity contribution in [2.45, 2.75) is 0 Å². The molecule has 0 spiro atoms. The summed E-state index contributed by atoms with van der Waals surface area (Å²) < 4.78 is 9.91. The first kappa shape index (κ1) is 8.58. The zero-order valence-corrected chi connectivity index (χ0v) is 5.34. The smallest absolute Gasteiger partial charge is 0.322 e. The Labute approximate surface area is 51.3 Å². The van der Waals surface area contributed by atoms with E-state index in [1.165, 1.54) is 5.09 Å². The molecule has 0 atom stereocenters. The van der Waals surface area contributed by atoms with Gasteiger partial charge in [-0.05, 0) is 0 Å². The minimum Gasteiger partial charge on any atom is -0.322 e. The number of hydrogen-bond donors (Lipinski definition) is 4. The third kappa shape index (κ3) is 5.45. The van der Waals surface area contributed by atoms with E-state index >= 15 is 0 Å². The topological polar surface area (TPSA) is 113 Å². The number of amides is 1. The molecule has 0 bridgehead atoms. The highest BCUT2D eigenvalue weighted by Crippen LogP contribution is 2.27. The second-order valence-corrected chi connectivity index (χ2v) is 2.59. The number of carbonyl (C=O) groups excluding carboxylic acids is 1. The van der Waals surface area contributed by atoms with Crippen molar-refractivity contribution in [3.8, 4) is 0 Å². The van der Waals surface area contributed by atoms with Crippen molar-refractivity contribution >= 4 is 13.7 Å². The molecule has 0 aliphatic rings. The molecule has 0 saturated heterocycles. The molecule has 0 aromatic carbocycles. The van der Waals surface area contributed by atoms with Crippen LogP contribution in [0.3, 0.4) is 0 Å². The lowest BCUT2D eigenvalue weighted by Crippen LogP contribution is -2.27. The second-order valence-electron chi connectivity index (χ2n) is 1.28. The summed E-state index contributed by atoms with van der Waals surface area (Å²) in [5.74, 6) is -0.872. The van der Waals surface area contributed by atoms with E-state index in [1.54, 1.807) is 0 Å². The van der Waals surface area contributed by atoms with Gasteiger partial charge in [0.25, 0.3) is 0 Å². The van der Waals surface area contributed by atoms with Crippen molar-refractivity contribution in [2.24, 2.45) is 5.73 Å². The van der Waals surface area contributed by atoms with Crippen LogP contribution in [0, 0.1) is 0 Å². The van der Waals surface area contributed by atoms with Gasteiger partial charge in [0.15, 0.2) is 0 Å². The number of nitrogens with two attached hydrogens (primary N) is 1. The fourth-order valence-corrected chi connectivity index (χ4v) is 0.624. The van der Waals surface area contributed by atoms with Gasteiger partial charge in [-0.2, -0.15) is 0 Å². The van der Waals surface area contributed by atoms with E-state index in [-0.39, 0.29) is 0 Å². The largest absolute Gasteiger partial charge is 0.429 e. The Morgan fingerprint density at radius 1 is 1.67 bits per heavy atom. The molecule has 5 N–H and O–H groups in total. The van der Waals surface area contributed by atoms with E-state index < -0.39 is 20.2 Å². The number of carbonyl (C=O) groups is 1. The maximum Gasteiger partial charge on any atom is 0.429 e. The first-order valence-electron chi connectivity index (χ1n) is 2.02. The van der Waals surface area contributed by atoms with Crippen molar-refractivity contribution in [2.75, 3.05) is 6.54 Å². The monoisotopic (exact) mass is 154 g/mol. The van der Waals surface area contributed by atoms with Crippen LogP contribution >= 0.6 is 7.75 Å². The molecule has 54 valence electrons. The van der Waals surface area contributed by atoms with Gasteiger partial charge in [-0.15, -0.1) is 0 Å². The summed E-state index contributed by atoms with van der Waals surface area (Å²) in [6.07, 6.45) is 0. The van der Waals surface area contributed by atoms with Gasteiger partial charge in [-0.25, -0.2) is 4.57 Å². The van der Waals surface area contributed by atoms with Crippen molar-refractivity contribution in [1.82, 2.24) is 5.09 Å². The Hall–Kier alpha value is -0.420. The number of hydrogen-bond acceptors (Lipinski definition) is 3. The van der Waals surface area contributed by atoms with Crippen LogP contribution < -0.4 is 10.8 Å². The van der Waals surface area contributed by atoms with Gasteiger partial charge in [0.2, 0.25) is 5.91 Å². The standard InChI is InChI=1S/C2H7N2O4P/c3-1-2(5)4-9(6,7)8/h1,3H2,(H3,4,5,6,7,8). The Kier molecular flexibility index (Phi) is 2.80. The Balaban J connectivity index is 3.75. The van der Waals surface area contributed by atoms with Crippen LogP contribution in [0.25, 0.3) is 0 Å². The molecule has 7 heteroatoms. The zero-order valence-electron chi connectivity index (χ0n) is 4.44. The molecule has 0 aromatic rings. The maximum absolute atomic E-state index is 10.1. The number of nitrogens with one attached hydrogen (secondary N) is 1. The zero-order chi connectivity index (χ0) is 7.49. The van der Waals surface area contributed by atoms with E-state index in [9.17, 15) is 9.36 Å². The van der Waals surface area contributed by atoms with Gasteiger partial charge in [0.05, 0.1) is 6.54 Å². The normalized spacial score (nSPS) is 11.0.